The molecule has 0 aliphatic heterocycles. The normalized spacial score (nSPS) is 17.4. The zero-order valence-corrected chi connectivity index (χ0v) is 31.1. The van der Waals surface area contributed by atoms with Crippen molar-refractivity contribution in [2.75, 3.05) is 19.7 Å². The molecule has 8 N–H and O–H groups in total. The Hall–Kier alpha value is -4.73. The van der Waals surface area contributed by atoms with E-state index in [1.54, 1.807) is 10.8 Å². The molecule has 1 aromatic heterocycles. The number of carbonyl (C=O) groups excluding carboxylic acids is 3. The Morgan fingerprint density at radius 2 is 1.78 bits per heavy atom. The van der Waals surface area contributed by atoms with Crippen LogP contribution in [0.1, 0.15) is 83.1 Å². The average molecular weight is 754 g/mol. The zero-order valence-electron chi connectivity index (χ0n) is 31.1. The quantitative estimate of drug-likeness (QED) is 0.105. The van der Waals surface area contributed by atoms with Crippen LogP contribution in [0.2, 0.25) is 0 Å². The van der Waals surface area contributed by atoms with Crippen molar-refractivity contribution >= 4 is 23.7 Å². The summed E-state index contributed by atoms with van der Waals surface area (Å²) in [5, 5.41) is 25.2. The lowest BCUT2D eigenvalue weighted by molar-refractivity contribution is -0.143. The van der Waals surface area contributed by atoms with Crippen LogP contribution < -0.4 is 22.1 Å². The van der Waals surface area contributed by atoms with Crippen LogP contribution >= 0.6 is 0 Å². The van der Waals surface area contributed by atoms with Crippen LogP contribution in [0.5, 0.6) is 0 Å². The van der Waals surface area contributed by atoms with Crippen LogP contribution in [0.4, 0.5) is 8.78 Å². The van der Waals surface area contributed by atoms with E-state index in [0.717, 1.165) is 23.8 Å². The molecule has 0 spiro atoms. The van der Waals surface area contributed by atoms with E-state index in [-0.39, 0.29) is 37.2 Å². The molecule has 1 fully saturated rings. The predicted molar refractivity (Wildman–Crippen MR) is 198 cm³/mol. The Kier molecular flexibility index (Phi) is 14.8. The lowest BCUT2D eigenvalue weighted by Gasteiger charge is -2.40. The summed E-state index contributed by atoms with van der Waals surface area (Å²) in [5.74, 6) is -4.40. The second-order valence-corrected chi connectivity index (χ2v) is 15.0. The number of carboxylic acid groups (broad SMARTS) is 1. The fraction of sp³-hybridized carbons (Fsp3) is 0.513. The number of nitrogens with one attached hydrogen (secondary N) is 2. The lowest BCUT2D eigenvalue weighted by atomic mass is 9.84. The molecule has 0 saturated heterocycles. The van der Waals surface area contributed by atoms with Crippen molar-refractivity contribution in [2.24, 2.45) is 22.8 Å². The van der Waals surface area contributed by atoms with Gasteiger partial charge in [-0.1, -0.05) is 57.5 Å². The number of amides is 3. The number of rotatable bonds is 18. The number of carboxylic acids is 1. The van der Waals surface area contributed by atoms with Gasteiger partial charge in [-0.2, -0.15) is 0 Å². The van der Waals surface area contributed by atoms with Gasteiger partial charge in [-0.3, -0.25) is 14.4 Å². The fourth-order valence-electron chi connectivity index (χ4n) is 7.04. The van der Waals surface area contributed by atoms with E-state index in [9.17, 15) is 33.8 Å². The van der Waals surface area contributed by atoms with Gasteiger partial charge in [0, 0.05) is 30.9 Å². The summed E-state index contributed by atoms with van der Waals surface area (Å²) < 4.78 is 31.1. The minimum absolute atomic E-state index is 0.0270. The van der Waals surface area contributed by atoms with Crippen LogP contribution in [0, 0.1) is 23.0 Å². The highest BCUT2D eigenvalue weighted by atomic mass is 19.1. The van der Waals surface area contributed by atoms with Crippen LogP contribution in [0.15, 0.2) is 54.7 Å². The number of aliphatic hydroxyl groups excluding tert-OH is 1. The molecule has 4 rings (SSSR count). The molecule has 3 amide bonds. The molecule has 1 heterocycles. The number of benzene rings is 2. The third-order valence-electron chi connectivity index (χ3n) is 9.80. The fourth-order valence-corrected chi connectivity index (χ4v) is 7.04. The maximum Gasteiger partial charge on any atom is 0.326 e. The van der Waals surface area contributed by atoms with Crippen molar-refractivity contribution in [1.82, 2.24) is 25.1 Å². The highest BCUT2D eigenvalue weighted by molar-refractivity contribution is 5.87. The molecule has 0 unspecified atom stereocenters. The summed E-state index contributed by atoms with van der Waals surface area (Å²) >= 11 is 0. The van der Waals surface area contributed by atoms with Crippen molar-refractivity contribution in [3.05, 3.63) is 77.8 Å². The molecule has 1 aliphatic carbocycles. The monoisotopic (exact) mass is 753 g/mol. The second-order valence-electron chi connectivity index (χ2n) is 15.0. The summed E-state index contributed by atoms with van der Waals surface area (Å²) in [6.45, 7) is 5.42. The number of nitrogens with zero attached hydrogens (tertiary/aromatic N) is 3. The number of aromatic nitrogens is 2. The highest BCUT2D eigenvalue weighted by Crippen LogP contribution is 2.39. The van der Waals surface area contributed by atoms with Crippen LogP contribution in [0.3, 0.4) is 0 Å². The number of halogens is 2. The van der Waals surface area contributed by atoms with Gasteiger partial charge in [0.1, 0.15) is 30.1 Å². The Morgan fingerprint density at radius 1 is 1.06 bits per heavy atom. The standard InChI is InChI=1S/C39H53F2N7O6/c1-39(2,3)34(35-44-32(27-20-25(40)15-16-28(27)41)22-47(35)21-24-10-5-4-6-11-24)48(33(50)23-49)19-17-29(43)37(52)45-30-14-9-12-26(30)36(51)46-31(38(53)54)13-7-8-18-42/h4-6,10-11,15-16,20,22,26,29-31,34,49H,7-9,12-14,17-19,21,23,42-43H2,1-3H3,(H,45,52)(H,46,51)(H,53,54)/t26-,29+,30+,31+,34+/m1/s1. The Morgan fingerprint density at radius 3 is 2.43 bits per heavy atom. The summed E-state index contributed by atoms with van der Waals surface area (Å²) in [4.78, 5) is 58.1. The first-order chi connectivity index (χ1) is 25.6. The predicted octanol–water partition coefficient (Wildman–Crippen LogP) is 3.49. The number of aliphatic hydroxyl groups is 1. The number of unbranched alkanes of at least 4 members (excludes halogenated alkanes) is 1. The van der Waals surface area contributed by atoms with Gasteiger partial charge in [0.15, 0.2) is 0 Å². The molecule has 0 bridgehead atoms. The first kappa shape index (κ1) is 42.0. The molecule has 15 heteroatoms. The topological polar surface area (TPSA) is 206 Å². The van der Waals surface area contributed by atoms with Crippen molar-refractivity contribution in [3.8, 4) is 11.3 Å². The molecule has 2 aromatic carbocycles. The minimum atomic E-state index is -1.14. The van der Waals surface area contributed by atoms with Crippen molar-refractivity contribution in [3.63, 3.8) is 0 Å². The van der Waals surface area contributed by atoms with Crippen molar-refractivity contribution < 1.29 is 38.2 Å². The SMILES string of the molecule is CC(C)(C)[C@H](c1nc(-c2cc(F)ccc2F)cn1Cc1ccccc1)N(CC[C@H](N)C(=O)N[C@H]1CCC[C@H]1C(=O)N[C@@H](CCCCN)C(=O)O)C(=O)CO. The summed E-state index contributed by atoms with van der Waals surface area (Å²) in [5.41, 5.74) is 12.2. The van der Waals surface area contributed by atoms with Crippen LogP contribution in [-0.2, 0) is 25.7 Å². The van der Waals surface area contributed by atoms with Gasteiger partial charge < -0.3 is 41.8 Å². The number of imidazole rings is 1. The molecule has 0 radical (unpaired) electrons. The molecule has 54 heavy (non-hydrogen) atoms. The minimum Gasteiger partial charge on any atom is -0.480 e. The average Bonchev–Trinajstić information content (AvgIpc) is 3.76. The van der Waals surface area contributed by atoms with E-state index in [0.29, 0.717) is 44.5 Å². The number of nitrogens with two attached hydrogens (primary N) is 2. The molecule has 1 aliphatic rings. The maximum atomic E-state index is 15.0. The van der Waals surface area contributed by atoms with Crippen molar-refractivity contribution in [2.45, 2.75) is 96.4 Å². The van der Waals surface area contributed by atoms with Crippen molar-refractivity contribution in [1.29, 1.82) is 0 Å². The number of carbonyl (C=O) groups is 4. The summed E-state index contributed by atoms with van der Waals surface area (Å²) in [6.07, 6.45) is 4.59. The van der Waals surface area contributed by atoms with Crippen LogP contribution in [0.25, 0.3) is 11.3 Å². The van der Waals surface area contributed by atoms with Gasteiger partial charge in [0.2, 0.25) is 17.7 Å². The number of hydrogen-bond donors (Lipinski definition) is 6. The van der Waals surface area contributed by atoms with Gasteiger partial charge >= 0.3 is 5.97 Å². The van der Waals surface area contributed by atoms with Gasteiger partial charge in [0.25, 0.3) is 0 Å². The first-order valence-electron chi connectivity index (χ1n) is 18.4. The molecule has 1 saturated carbocycles. The van der Waals surface area contributed by atoms with E-state index >= 15 is 4.39 Å². The highest BCUT2D eigenvalue weighted by Gasteiger charge is 2.40. The Bertz CT molecular complexity index is 1750. The first-order valence-corrected chi connectivity index (χ1v) is 18.4. The molecule has 3 aromatic rings. The summed E-state index contributed by atoms with van der Waals surface area (Å²) in [6, 6.07) is 8.93. The molecule has 13 nitrogen and oxygen atoms in total. The lowest BCUT2D eigenvalue weighted by Crippen LogP contribution is -2.52. The molecule has 5 atom stereocenters. The largest absolute Gasteiger partial charge is 0.480 e. The van der Waals surface area contributed by atoms with Gasteiger partial charge in [-0.15, -0.1) is 0 Å². The smallest absolute Gasteiger partial charge is 0.326 e. The molecule has 294 valence electrons. The van der Waals surface area contributed by atoms with Gasteiger partial charge in [0.05, 0.1) is 23.7 Å². The van der Waals surface area contributed by atoms with Gasteiger partial charge in [-0.05, 0) is 74.2 Å². The Labute approximate surface area is 314 Å². The van der Waals surface area contributed by atoms with E-state index in [4.69, 9.17) is 16.5 Å². The van der Waals surface area contributed by atoms with E-state index in [1.807, 2.05) is 51.1 Å². The molecular formula is C39H53F2N7O6. The Balaban J connectivity index is 1.56. The second kappa shape index (κ2) is 19.0. The number of hydrogen-bond acceptors (Lipinski definition) is 8. The van der Waals surface area contributed by atoms with E-state index < -0.39 is 77.4 Å². The summed E-state index contributed by atoms with van der Waals surface area (Å²) in [7, 11) is 0. The van der Waals surface area contributed by atoms with E-state index in [2.05, 4.69) is 10.6 Å². The van der Waals surface area contributed by atoms with Gasteiger partial charge in [-0.25, -0.2) is 18.6 Å². The van der Waals surface area contributed by atoms with E-state index in [1.165, 1.54) is 4.90 Å². The zero-order chi connectivity index (χ0) is 39.6. The number of aliphatic carboxylic acids is 1. The van der Waals surface area contributed by atoms with Crippen LogP contribution in [-0.4, -0.2) is 86.2 Å². The molecular weight excluding hydrogens is 700 g/mol. The third-order valence-corrected chi connectivity index (χ3v) is 9.80. The maximum absolute atomic E-state index is 15.0. The third kappa shape index (κ3) is 10.9.